The van der Waals surface area contributed by atoms with Crippen LogP contribution in [0.3, 0.4) is 0 Å². The van der Waals surface area contributed by atoms with E-state index >= 15 is 0 Å². The molecule has 5 nitrogen and oxygen atoms in total. The fraction of sp³-hybridized carbons (Fsp3) is 0.400. The van der Waals surface area contributed by atoms with Crippen LogP contribution in [0.1, 0.15) is 46.7 Å². The molecule has 1 N–H and O–H groups in total. The fourth-order valence-corrected chi connectivity index (χ4v) is 3.35. The van der Waals surface area contributed by atoms with Gasteiger partial charge in [-0.15, -0.1) is 0 Å². The minimum atomic E-state index is -0.417. The van der Waals surface area contributed by atoms with Crippen LogP contribution >= 0.6 is 0 Å². The molecule has 25 heavy (non-hydrogen) atoms. The van der Waals surface area contributed by atoms with Gasteiger partial charge in [0, 0.05) is 13.1 Å². The number of amides is 2. The van der Waals surface area contributed by atoms with Gasteiger partial charge in [0.15, 0.2) is 0 Å². The zero-order valence-electron chi connectivity index (χ0n) is 14.7. The van der Waals surface area contributed by atoms with Gasteiger partial charge in [-0.1, -0.05) is 30.3 Å². The first kappa shape index (κ1) is 17.3. The molecule has 1 aliphatic heterocycles. The van der Waals surface area contributed by atoms with Gasteiger partial charge in [0.25, 0.3) is 5.91 Å². The van der Waals surface area contributed by atoms with Crippen LogP contribution in [0, 0.1) is 13.8 Å². The smallest absolute Gasteiger partial charge is 0.258 e. The minimum absolute atomic E-state index is 0.0882. The lowest BCUT2D eigenvalue weighted by Gasteiger charge is -2.34. The number of hydrogen-bond acceptors (Lipinski definition) is 3. The number of aryl methyl sites for hydroxylation is 2. The monoisotopic (exact) mass is 340 g/mol. The quantitative estimate of drug-likeness (QED) is 0.929. The summed E-state index contributed by atoms with van der Waals surface area (Å²) in [5, 5.41) is 2.97. The third-order valence-electron chi connectivity index (χ3n) is 4.65. The molecule has 1 saturated heterocycles. The molecule has 0 aliphatic carbocycles. The summed E-state index contributed by atoms with van der Waals surface area (Å²) in [6.07, 6.45) is 2.57. The number of piperidine rings is 1. The van der Waals surface area contributed by atoms with Gasteiger partial charge >= 0.3 is 0 Å². The van der Waals surface area contributed by atoms with E-state index in [4.69, 9.17) is 4.42 Å². The number of hydrogen-bond donors (Lipinski definition) is 1. The molecule has 1 aromatic carbocycles. The summed E-state index contributed by atoms with van der Waals surface area (Å²) in [5.74, 6) is 1.11. The average molecular weight is 340 g/mol. The highest BCUT2D eigenvalue weighted by molar-refractivity contribution is 5.98. The van der Waals surface area contributed by atoms with Crippen LogP contribution in [0.25, 0.3) is 0 Å². The van der Waals surface area contributed by atoms with E-state index in [1.807, 2.05) is 37.3 Å². The van der Waals surface area contributed by atoms with E-state index in [0.29, 0.717) is 36.6 Å². The molecule has 0 bridgehead atoms. The van der Waals surface area contributed by atoms with Crippen molar-refractivity contribution in [3.05, 3.63) is 59.0 Å². The lowest BCUT2D eigenvalue weighted by atomic mass is 10.00. The van der Waals surface area contributed by atoms with Crippen LogP contribution in [0.2, 0.25) is 0 Å². The van der Waals surface area contributed by atoms with Gasteiger partial charge in [-0.05, 0) is 44.7 Å². The van der Waals surface area contributed by atoms with Crippen LogP contribution in [0.15, 0.2) is 40.8 Å². The van der Waals surface area contributed by atoms with E-state index in [1.54, 1.807) is 17.9 Å². The predicted octanol–water partition coefficient (Wildman–Crippen LogP) is 3.21. The molecule has 0 radical (unpaired) electrons. The molecule has 2 heterocycles. The predicted molar refractivity (Wildman–Crippen MR) is 95.1 cm³/mol. The first-order valence-corrected chi connectivity index (χ1v) is 8.76. The summed E-state index contributed by atoms with van der Waals surface area (Å²) in [4.78, 5) is 27.3. The summed E-state index contributed by atoms with van der Waals surface area (Å²) in [6.45, 7) is 4.69. The highest BCUT2D eigenvalue weighted by atomic mass is 16.3. The Balaban J connectivity index is 1.70. The molecule has 1 aliphatic rings. The van der Waals surface area contributed by atoms with Gasteiger partial charge in [-0.25, -0.2) is 0 Å². The maximum absolute atomic E-state index is 12.9. The van der Waals surface area contributed by atoms with E-state index in [-0.39, 0.29) is 11.8 Å². The zero-order valence-corrected chi connectivity index (χ0v) is 14.7. The Morgan fingerprint density at radius 3 is 2.64 bits per heavy atom. The lowest BCUT2D eigenvalue weighted by molar-refractivity contribution is -0.126. The molecular formula is C20H24N2O3. The van der Waals surface area contributed by atoms with Crippen molar-refractivity contribution in [2.24, 2.45) is 0 Å². The van der Waals surface area contributed by atoms with Crippen molar-refractivity contribution in [3.63, 3.8) is 0 Å². The normalized spacial score (nSPS) is 17.4. The van der Waals surface area contributed by atoms with Crippen LogP contribution in [0.4, 0.5) is 0 Å². The molecule has 132 valence electrons. The molecule has 0 saturated carbocycles. The summed E-state index contributed by atoms with van der Waals surface area (Å²) in [5.41, 5.74) is 1.60. The maximum atomic E-state index is 12.9. The molecule has 2 aromatic rings. The van der Waals surface area contributed by atoms with Crippen molar-refractivity contribution in [1.29, 1.82) is 0 Å². The lowest BCUT2D eigenvalue weighted by Crippen LogP contribution is -2.51. The molecule has 1 fully saturated rings. The van der Waals surface area contributed by atoms with E-state index in [0.717, 1.165) is 18.4 Å². The minimum Gasteiger partial charge on any atom is -0.466 e. The number of furan rings is 1. The van der Waals surface area contributed by atoms with Gasteiger partial charge in [-0.3, -0.25) is 9.59 Å². The van der Waals surface area contributed by atoms with Crippen molar-refractivity contribution in [2.75, 3.05) is 6.54 Å². The number of rotatable bonds is 4. The van der Waals surface area contributed by atoms with Crippen LogP contribution < -0.4 is 5.32 Å². The second-order valence-electron chi connectivity index (χ2n) is 6.54. The van der Waals surface area contributed by atoms with Crippen molar-refractivity contribution < 1.29 is 14.0 Å². The summed E-state index contributed by atoms with van der Waals surface area (Å²) >= 11 is 0. The summed E-state index contributed by atoms with van der Waals surface area (Å²) in [6, 6.07) is 11.1. The third-order valence-corrected chi connectivity index (χ3v) is 4.65. The van der Waals surface area contributed by atoms with Gasteiger partial charge in [0.2, 0.25) is 5.91 Å². The molecule has 3 rings (SSSR count). The Morgan fingerprint density at radius 2 is 1.96 bits per heavy atom. The van der Waals surface area contributed by atoms with E-state index in [1.165, 1.54) is 0 Å². The van der Waals surface area contributed by atoms with Crippen molar-refractivity contribution in [2.45, 2.75) is 45.7 Å². The number of nitrogens with one attached hydrogen (secondary N) is 1. The molecular weight excluding hydrogens is 316 g/mol. The molecule has 1 aromatic heterocycles. The summed E-state index contributed by atoms with van der Waals surface area (Å²) < 4.78 is 5.48. The topological polar surface area (TPSA) is 62.6 Å². The average Bonchev–Trinajstić information content (AvgIpc) is 2.98. The van der Waals surface area contributed by atoms with Crippen LogP contribution in [0.5, 0.6) is 0 Å². The van der Waals surface area contributed by atoms with E-state index in [2.05, 4.69) is 5.32 Å². The standard InChI is InChI=1S/C20H24N2O3/c1-14-12-17(15(2)25-14)20(24)22-11-7-6-10-18(22)19(23)21-13-16-8-4-3-5-9-16/h3-5,8-9,12,18H,6-7,10-11,13H2,1-2H3,(H,21,23)/t18-/m0/s1. The van der Waals surface area contributed by atoms with Gasteiger partial charge in [0.1, 0.15) is 17.6 Å². The van der Waals surface area contributed by atoms with Gasteiger partial charge in [-0.2, -0.15) is 0 Å². The molecule has 1 atom stereocenters. The first-order valence-electron chi connectivity index (χ1n) is 8.76. The van der Waals surface area contributed by atoms with Crippen molar-refractivity contribution in [1.82, 2.24) is 10.2 Å². The van der Waals surface area contributed by atoms with E-state index < -0.39 is 6.04 Å². The molecule has 2 amide bonds. The van der Waals surface area contributed by atoms with Crippen LogP contribution in [-0.2, 0) is 11.3 Å². The fourth-order valence-electron chi connectivity index (χ4n) is 3.35. The molecule has 0 spiro atoms. The second-order valence-corrected chi connectivity index (χ2v) is 6.54. The Morgan fingerprint density at radius 1 is 1.20 bits per heavy atom. The highest BCUT2D eigenvalue weighted by Crippen LogP contribution is 2.23. The number of carbonyl (C=O) groups is 2. The third kappa shape index (κ3) is 3.92. The maximum Gasteiger partial charge on any atom is 0.258 e. The number of benzene rings is 1. The number of carbonyl (C=O) groups excluding carboxylic acids is 2. The Hall–Kier alpha value is -2.56. The van der Waals surface area contributed by atoms with Crippen molar-refractivity contribution >= 4 is 11.8 Å². The van der Waals surface area contributed by atoms with Crippen molar-refractivity contribution in [3.8, 4) is 0 Å². The largest absolute Gasteiger partial charge is 0.466 e. The first-order chi connectivity index (χ1) is 12.1. The van der Waals surface area contributed by atoms with Gasteiger partial charge in [0.05, 0.1) is 5.56 Å². The van der Waals surface area contributed by atoms with Gasteiger partial charge < -0.3 is 14.6 Å². The van der Waals surface area contributed by atoms with E-state index in [9.17, 15) is 9.59 Å². The molecule has 0 unspecified atom stereocenters. The molecule has 5 heteroatoms. The SMILES string of the molecule is Cc1cc(C(=O)N2CCCC[C@H]2C(=O)NCc2ccccc2)c(C)o1. The number of nitrogens with zero attached hydrogens (tertiary/aromatic N) is 1. The summed E-state index contributed by atoms with van der Waals surface area (Å²) in [7, 11) is 0. The van der Waals surface area contributed by atoms with Crippen LogP contribution in [-0.4, -0.2) is 29.3 Å². The zero-order chi connectivity index (χ0) is 17.8. The Bertz CT molecular complexity index is 752. The Labute approximate surface area is 148 Å². The number of likely N-dealkylation sites (tertiary alicyclic amines) is 1. The second kappa shape index (κ2) is 7.55. The highest BCUT2D eigenvalue weighted by Gasteiger charge is 2.33. The Kier molecular flexibility index (Phi) is 5.22.